The molecule has 0 bridgehead atoms. The molecule has 0 aliphatic carbocycles. The van der Waals surface area contributed by atoms with E-state index >= 15 is 0 Å². The van der Waals surface area contributed by atoms with Crippen molar-refractivity contribution in [3.8, 4) is 0 Å². The number of nitrogens with zero attached hydrogens (tertiary/aromatic N) is 1. The van der Waals surface area contributed by atoms with Gasteiger partial charge in [0.05, 0.1) is 4.47 Å². The van der Waals surface area contributed by atoms with Crippen LogP contribution in [0.15, 0.2) is 33.2 Å². The molecule has 0 saturated carbocycles. The SMILES string of the molecule is O=C(O)C1CCCCN1C(=O)c1cc2cccc(Br)c2o1. The maximum atomic E-state index is 12.5. The van der Waals surface area contributed by atoms with Crippen LogP contribution in [0.1, 0.15) is 29.8 Å². The van der Waals surface area contributed by atoms with Crippen LogP contribution in [0.2, 0.25) is 0 Å². The van der Waals surface area contributed by atoms with Gasteiger partial charge in [-0.15, -0.1) is 0 Å². The van der Waals surface area contributed by atoms with E-state index in [1.807, 2.05) is 18.2 Å². The van der Waals surface area contributed by atoms with Crippen molar-refractivity contribution in [2.24, 2.45) is 0 Å². The van der Waals surface area contributed by atoms with E-state index in [1.54, 1.807) is 6.07 Å². The van der Waals surface area contributed by atoms with Gasteiger partial charge in [-0.1, -0.05) is 12.1 Å². The number of piperidine rings is 1. The van der Waals surface area contributed by atoms with E-state index in [1.165, 1.54) is 4.90 Å². The number of amides is 1. The highest BCUT2D eigenvalue weighted by Crippen LogP contribution is 2.29. The highest BCUT2D eigenvalue weighted by Gasteiger charge is 2.33. The van der Waals surface area contributed by atoms with Crippen molar-refractivity contribution in [3.63, 3.8) is 0 Å². The quantitative estimate of drug-likeness (QED) is 0.901. The Labute approximate surface area is 129 Å². The molecule has 0 spiro atoms. The van der Waals surface area contributed by atoms with Crippen LogP contribution in [-0.2, 0) is 4.79 Å². The molecular formula is C15H14BrNO4. The normalized spacial score (nSPS) is 18.9. The smallest absolute Gasteiger partial charge is 0.326 e. The number of aliphatic carboxylic acids is 1. The Balaban J connectivity index is 1.95. The zero-order chi connectivity index (χ0) is 15.0. The van der Waals surface area contributed by atoms with E-state index < -0.39 is 12.0 Å². The Hall–Kier alpha value is -1.82. The van der Waals surface area contributed by atoms with E-state index in [0.717, 1.165) is 22.7 Å². The zero-order valence-electron chi connectivity index (χ0n) is 11.2. The third-order valence-corrected chi connectivity index (χ3v) is 4.38. The van der Waals surface area contributed by atoms with E-state index in [0.29, 0.717) is 18.5 Å². The molecule has 3 rings (SSSR count). The number of carboxylic acid groups (broad SMARTS) is 1. The van der Waals surface area contributed by atoms with Gasteiger partial charge in [-0.3, -0.25) is 4.79 Å². The van der Waals surface area contributed by atoms with Crippen molar-refractivity contribution in [2.45, 2.75) is 25.3 Å². The molecule has 0 radical (unpaired) electrons. The van der Waals surface area contributed by atoms with Crippen LogP contribution in [0.5, 0.6) is 0 Å². The number of carbonyl (C=O) groups excluding carboxylic acids is 1. The molecule has 6 heteroatoms. The van der Waals surface area contributed by atoms with Gasteiger partial charge in [0.2, 0.25) is 0 Å². The van der Waals surface area contributed by atoms with Gasteiger partial charge in [0, 0.05) is 11.9 Å². The van der Waals surface area contributed by atoms with Crippen molar-refractivity contribution >= 4 is 38.8 Å². The summed E-state index contributed by atoms with van der Waals surface area (Å²) in [5, 5.41) is 10.1. The van der Waals surface area contributed by atoms with Gasteiger partial charge in [0.15, 0.2) is 5.76 Å². The molecule has 5 nitrogen and oxygen atoms in total. The lowest BCUT2D eigenvalue weighted by atomic mass is 10.0. The molecule has 1 aliphatic rings. The van der Waals surface area contributed by atoms with Crippen molar-refractivity contribution in [1.29, 1.82) is 0 Å². The number of furan rings is 1. The molecule has 110 valence electrons. The first-order valence-electron chi connectivity index (χ1n) is 6.80. The fourth-order valence-electron chi connectivity index (χ4n) is 2.71. The van der Waals surface area contributed by atoms with Crippen molar-refractivity contribution in [2.75, 3.05) is 6.54 Å². The number of likely N-dealkylation sites (tertiary alicyclic amines) is 1. The molecule has 1 fully saturated rings. The van der Waals surface area contributed by atoms with Crippen molar-refractivity contribution < 1.29 is 19.1 Å². The third kappa shape index (κ3) is 2.55. The van der Waals surface area contributed by atoms with Crippen LogP contribution in [0.4, 0.5) is 0 Å². The average Bonchev–Trinajstić information content (AvgIpc) is 2.92. The number of fused-ring (bicyclic) bond motifs is 1. The first-order valence-corrected chi connectivity index (χ1v) is 7.59. The van der Waals surface area contributed by atoms with Gasteiger partial charge in [0.25, 0.3) is 5.91 Å². The van der Waals surface area contributed by atoms with Crippen LogP contribution < -0.4 is 0 Å². The van der Waals surface area contributed by atoms with E-state index in [9.17, 15) is 14.7 Å². The standard InChI is InChI=1S/C15H14BrNO4/c16-10-5-3-4-9-8-12(21-13(9)10)14(18)17-7-2-1-6-11(17)15(19)20/h3-5,8,11H,1-2,6-7H2,(H,19,20). The van der Waals surface area contributed by atoms with Crippen molar-refractivity contribution in [3.05, 3.63) is 34.5 Å². The minimum absolute atomic E-state index is 0.185. The lowest BCUT2D eigenvalue weighted by Gasteiger charge is -2.32. The van der Waals surface area contributed by atoms with Crippen molar-refractivity contribution in [1.82, 2.24) is 4.90 Å². The van der Waals surface area contributed by atoms with Crippen LogP contribution in [0.3, 0.4) is 0 Å². The summed E-state index contributed by atoms with van der Waals surface area (Å²) < 4.78 is 6.38. The molecule has 2 heterocycles. The monoisotopic (exact) mass is 351 g/mol. The maximum absolute atomic E-state index is 12.5. The highest BCUT2D eigenvalue weighted by atomic mass is 79.9. The van der Waals surface area contributed by atoms with E-state index in [2.05, 4.69) is 15.9 Å². The van der Waals surface area contributed by atoms with Crippen LogP contribution in [0.25, 0.3) is 11.0 Å². The summed E-state index contributed by atoms with van der Waals surface area (Å²) in [4.78, 5) is 25.2. The molecule has 21 heavy (non-hydrogen) atoms. The minimum atomic E-state index is -0.958. The van der Waals surface area contributed by atoms with Crippen LogP contribution in [-0.4, -0.2) is 34.5 Å². The lowest BCUT2D eigenvalue weighted by molar-refractivity contribution is -0.143. The summed E-state index contributed by atoms with van der Waals surface area (Å²) in [5.41, 5.74) is 0.602. The van der Waals surface area contributed by atoms with Gasteiger partial charge < -0.3 is 14.4 Å². The largest absolute Gasteiger partial charge is 0.480 e. The molecule has 2 aromatic rings. The fourth-order valence-corrected chi connectivity index (χ4v) is 3.17. The zero-order valence-corrected chi connectivity index (χ0v) is 12.8. The summed E-state index contributed by atoms with van der Waals surface area (Å²) in [7, 11) is 0. The Morgan fingerprint density at radius 3 is 2.86 bits per heavy atom. The summed E-state index contributed by atoms with van der Waals surface area (Å²) in [6.07, 6.45) is 2.14. The molecule has 1 atom stereocenters. The number of carbonyl (C=O) groups is 2. The number of halogens is 1. The first-order chi connectivity index (χ1) is 10.1. The number of benzene rings is 1. The lowest BCUT2D eigenvalue weighted by Crippen LogP contribution is -2.47. The summed E-state index contributed by atoms with van der Waals surface area (Å²) in [6.45, 7) is 0.452. The number of rotatable bonds is 2. The second kappa shape index (κ2) is 5.52. The summed E-state index contributed by atoms with van der Waals surface area (Å²) in [6, 6.07) is 6.45. The van der Waals surface area contributed by atoms with E-state index in [4.69, 9.17) is 4.42 Å². The van der Waals surface area contributed by atoms with Crippen LogP contribution >= 0.6 is 15.9 Å². The Bertz CT molecular complexity index is 709. The predicted molar refractivity (Wildman–Crippen MR) is 80.2 cm³/mol. The maximum Gasteiger partial charge on any atom is 0.326 e. The fraction of sp³-hybridized carbons (Fsp3) is 0.333. The summed E-state index contributed by atoms with van der Waals surface area (Å²) in [5.74, 6) is -1.13. The van der Waals surface area contributed by atoms with Gasteiger partial charge >= 0.3 is 5.97 Å². The molecule has 1 aromatic heterocycles. The predicted octanol–water partition coefficient (Wildman–Crippen LogP) is 3.27. The molecular weight excluding hydrogens is 338 g/mol. The molecule has 1 aliphatic heterocycles. The van der Waals surface area contributed by atoms with Gasteiger partial charge in [-0.05, 0) is 47.3 Å². The van der Waals surface area contributed by atoms with E-state index in [-0.39, 0.29) is 11.7 Å². The topological polar surface area (TPSA) is 70.8 Å². The summed E-state index contributed by atoms with van der Waals surface area (Å²) >= 11 is 3.38. The Morgan fingerprint density at radius 1 is 1.33 bits per heavy atom. The minimum Gasteiger partial charge on any atom is -0.480 e. The Kier molecular flexibility index (Phi) is 3.71. The average molecular weight is 352 g/mol. The molecule has 1 unspecified atom stereocenters. The number of hydrogen-bond donors (Lipinski definition) is 1. The molecule has 1 amide bonds. The second-order valence-corrected chi connectivity index (χ2v) is 5.97. The molecule has 1 N–H and O–H groups in total. The number of para-hydroxylation sites is 1. The molecule has 1 aromatic carbocycles. The first kappa shape index (κ1) is 14.1. The second-order valence-electron chi connectivity index (χ2n) is 5.12. The molecule has 1 saturated heterocycles. The Morgan fingerprint density at radius 2 is 2.14 bits per heavy atom. The number of hydrogen-bond acceptors (Lipinski definition) is 3. The third-order valence-electron chi connectivity index (χ3n) is 3.76. The number of carboxylic acids is 1. The van der Waals surface area contributed by atoms with Crippen LogP contribution in [0, 0.1) is 0 Å². The van der Waals surface area contributed by atoms with Gasteiger partial charge in [0.1, 0.15) is 11.6 Å². The van der Waals surface area contributed by atoms with Gasteiger partial charge in [-0.2, -0.15) is 0 Å². The van der Waals surface area contributed by atoms with Gasteiger partial charge in [-0.25, -0.2) is 4.79 Å². The highest BCUT2D eigenvalue weighted by molar-refractivity contribution is 9.10.